The maximum Gasteiger partial charge on any atom is 0 e. The van der Waals surface area contributed by atoms with Gasteiger partial charge in [-0.3, -0.25) is 0 Å². The molecule has 0 saturated carbocycles. The summed E-state index contributed by atoms with van der Waals surface area (Å²) >= 11 is 0. The van der Waals surface area contributed by atoms with E-state index < -0.39 is 0 Å². The van der Waals surface area contributed by atoms with Crippen LogP contribution in [-0.2, 0) is 31.0 Å². The molecular formula is C14H12FeO4. The van der Waals surface area contributed by atoms with Gasteiger partial charge < -0.3 is 4.42 Å². The Hall–Kier alpha value is -1.50. The molecule has 2 rings (SSSR count). The molecule has 4 nitrogen and oxygen atoms in total. The van der Waals surface area contributed by atoms with Crippen molar-refractivity contribution in [2.45, 2.75) is 19.3 Å². The fourth-order valence-corrected chi connectivity index (χ4v) is 1.44. The van der Waals surface area contributed by atoms with E-state index in [1.165, 1.54) is 0 Å². The second-order valence-corrected chi connectivity index (χ2v) is 3.10. The monoisotopic (exact) mass is 300 g/mol. The largest absolute Gasteiger partial charge is 0 e. The number of hydrogen-bond donors (Lipinski definition) is 0. The Labute approximate surface area is 123 Å². The van der Waals surface area contributed by atoms with Crippen LogP contribution >= 0.6 is 0 Å². The molecular weight excluding hydrogens is 288 g/mol. The molecule has 0 N–H and O–H groups in total. The van der Waals surface area contributed by atoms with Gasteiger partial charge in [0.1, 0.15) is 11.5 Å². The van der Waals surface area contributed by atoms with Crippen molar-refractivity contribution in [3.05, 3.63) is 67.9 Å². The predicted molar refractivity (Wildman–Crippen MR) is 60.9 cm³/mol. The van der Waals surface area contributed by atoms with Crippen molar-refractivity contribution in [3.63, 3.8) is 0 Å². The number of hydrogen-bond acceptors (Lipinski definition) is 1. The number of allylic oxidation sites excluding steroid dienone is 4. The third kappa shape index (κ3) is 9.12. The summed E-state index contributed by atoms with van der Waals surface area (Å²) in [5.74, 6) is 2.52. The van der Waals surface area contributed by atoms with E-state index in [4.69, 9.17) is 18.4 Å². The van der Waals surface area contributed by atoms with Crippen molar-refractivity contribution < 1.29 is 35.4 Å². The van der Waals surface area contributed by atoms with Gasteiger partial charge in [0.25, 0.3) is 0 Å². The molecule has 0 aromatic carbocycles. The van der Waals surface area contributed by atoms with E-state index in [1.54, 1.807) is 0 Å². The summed E-state index contributed by atoms with van der Waals surface area (Å²) < 4.78 is 28.0. The Balaban J connectivity index is -0.000000325. The van der Waals surface area contributed by atoms with E-state index in [0.29, 0.717) is 5.92 Å². The van der Waals surface area contributed by atoms with Crippen LogP contribution in [-0.4, -0.2) is 0 Å². The summed E-state index contributed by atoms with van der Waals surface area (Å²) in [5, 5.41) is 0. The molecule has 0 bridgehead atoms. The summed E-state index contributed by atoms with van der Waals surface area (Å²) in [6.45, 7) is 15.5. The summed E-state index contributed by atoms with van der Waals surface area (Å²) in [4.78, 5) is 0. The van der Waals surface area contributed by atoms with Crippen molar-refractivity contribution in [1.29, 1.82) is 0 Å². The predicted octanol–water partition coefficient (Wildman–Crippen LogP) is 3.07. The third-order valence-electron chi connectivity index (χ3n) is 2.11. The first-order valence-corrected chi connectivity index (χ1v) is 4.87. The molecule has 0 saturated heterocycles. The van der Waals surface area contributed by atoms with E-state index in [0.717, 1.165) is 17.9 Å². The summed E-state index contributed by atoms with van der Waals surface area (Å²) in [7, 11) is 0. The Morgan fingerprint density at radius 3 is 2.00 bits per heavy atom. The average Bonchev–Trinajstić information content (AvgIpc) is 2.93. The van der Waals surface area contributed by atoms with E-state index in [2.05, 4.69) is 50.3 Å². The third-order valence-corrected chi connectivity index (χ3v) is 2.11. The van der Waals surface area contributed by atoms with Crippen LogP contribution in [0.1, 0.15) is 23.9 Å². The van der Waals surface area contributed by atoms with Crippen molar-refractivity contribution in [2.24, 2.45) is 0 Å². The molecule has 0 amide bonds. The Morgan fingerprint density at radius 1 is 1.05 bits per heavy atom. The second-order valence-electron chi connectivity index (χ2n) is 3.10. The molecule has 1 atom stereocenters. The minimum Gasteiger partial charge on any atom is 0 e. The van der Waals surface area contributed by atoms with Gasteiger partial charge in [-0.05, 0) is 25.5 Å². The minimum atomic E-state index is 0. The Bertz CT molecular complexity index is 424. The maximum atomic E-state index is 7.50. The molecule has 19 heavy (non-hydrogen) atoms. The van der Waals surface area contributed by atoms with Gasteiger partial charge in [-0.2, -0.15) is 0 Å². The van der Waals surface area contributed by atoms with Gasteiger partial charge in [-0.25, -0.2) is 0 Å². The van der Waals surface area contributed by atoms with E-state index >= 15 is 0 Å². The van der Waals surface area contributed by atoms with E-state index in [1.807, 2.05) is 13.0 Å². The quantitative estimate of drug-likeness (QED) is 0.446. The van der Waals surface area contributed by atoms with Gasteiger partial charge in [0.15, 0.2) is 0 Å². The molecule has 100 valence electrons. The first-order chi connectivity index (χ1) is 8.86. The van der Waals surface area contributed by atoms with E-state index in [-0.39, 0.29) is 17.1 Å². The number of furan rings is 1. The topological polar surface area (TPSA) is 72.8 Å². The van der Waals surface area contributed by atoms with Crippen LogP contribution in [0.5, 0.6) is 0 Å². The number of rotatable bonds is 1. The molecule has 1 aromatic heterocycles. The first-order valence-electron chi connectivity index (χ1n) is 4.87. The van der Waals surface area contributed by atoms with E-state index in [9.17, 15) is 0 Å². The first kappa shape index (κ1) is 22.7. The molecule has 0 fully saturated rings. The molecule has 1 unspecified atom stereocenters. The van der Waals surface area contributed by atoms with Crippen molar-refractivity contribution in [1.82, 2.24) is 0 Å². The van der Waals surface area contributed by atoms with Gasteiger partial charge in [-0.15, -0.1) is 0 Å². The summed E-state index contributed by atoms with van der Waals surface area (Å²) in [6, 6.07) is 4.07. The van der Waals surface area contributed by atoms with Crippen molar-refractivity contribution >= 4 is 0 Å². The molecule has 5 heteroatoms. The normalized spacial score (nSPS) is 13.9. The van der Waals surface area contributed by atoms with Crippen LogP contribution in [0.15, 0.2) is 40.9 Å². The smallest absolute Gasteiger partial charge is 0 e. The molecule has 0 aliphatic heterocycles. The Morgan fingerprint density at radius 2 is 1.63 bits per heavy atom. The van der Waals surface area contributed by atoms with Crippen LogP contribution in [0.2, 0.25) is 0 Å². The van der Waals surface area contributed by atoms with Crippen LogP contribution < -0.4 is 0 Å². The zero-order valence-electron chi connectivity index (χ0n) is 10.2. The molecule has 0 radical (unpaired) electrons. The molecule has 1 aromatic rings. The minimum absolute atomic E-state index is 0. The summed E-state index contributed by atoms with van der Waals surface area (Å²) in [6.07, 6.45) is 9.56. The van der Waals surface area contributed by atoms with Gasteiger partial charge in [0.2, 0.25) is 0 Å². The van der Waals surface area contributed by atoms with Crippen molar-refractivity contribution in [3.8, 4) is 0 Å². The second kappa shape index (κ2) is 16.5. The van der Waals surface area contributed by atoms with Crippen LogP contribution in [0.25, 0.3) is 0 Å². The van der Waals surface area contributed by atoms with Crippen LogP contribution in [0, 0.1) is 26.9 Å². The molecule has 1 aliphatic rings. The molecule has 0 spiro atoms. The van der Waals surface area contributed by atoms with Gasteiger partial charge in [0.05, 0.1) is 0 Å². The average molecular weight is 300 g/mol. The molecule has 1 heterocycles. The SMILES string of the molecule is Cc1ccc(C2C=CC=CC2)o1.[C-]#[O+].[C-]#[O+].[C-]#[O+].[Fe]. The summed E-state index contributed by atoms with van der Waals surface area (Å²) in [5.41, 5.74) is 0. The van der Waals surface area contributed by atoms with Gasteiger partial charge in [0, 0.05) is 23.0 Å². The van der Waals surface area contributed by atoms with Crippen molar-refractivity contribution in [2.75, 3.05) is 0 Å². The van der Waals surface area contributed by atoms with Crippen LogP contribution in [0.3, 0.4) is 0 Å². The zero-order chi connectivity index (χ0) is 14.4. The Kier molecular flexibility index (Phi) is 19.7. The number of aryl methyl sites for hydroxylation is 1. The maximum absolute atomic E-state index is 7.50. The van der Waals surface area contributed by atoms with Gasteiger partial charge >= 0.3 is 33.9 Å². The fourth-order valence-electron chi connectivity index (χ4n) is 1.44. The van der Waals surface area contributed by atoms with Crippen LogP contribution in [0.4, 0.5) is 0 Å². The zero-order valence-corrected chi connectivity index (χ0v) is 11.3. The molecule has 1 aliphatic carbocycles. The van der Waals surface area contributed by atoms with Gasteiger partial charge in [-0.1, -0.05) is 24.3 Å². The standard InChI is InChI=1S/C11H12O.3CO.Fe/c1-9-7-8-11(12-9)10-5-3-2-4-6-10;3*1-2;/h2-5,7-8,10H,6H2,1H3;;;;. The fraction of sp³-hybridized carbons (Fsp3) is 0.214.